The lowest BCUT2D eigenvalue weighted by atomic mass is 10.1. The molecule has 0 aromatic heterocycles. The second kappa shape index (κ2) is 6.37. The van der Waals surface area contributed by atoms with Gasteiger partial charge in [-0.3, -0.25) is 10.3 Å². The van der Waals surface area contributed by atoms with Gasteiger partial charge in [0.05, 0.1) is 0 Å². The number of nitrogens with two attached hydrogens (primary N) is 1. The summed E-state index contributed by atoms with van der Waals surface area (Å²) in [6, 6.07) is 0.356. The van der Waals surface area contributed by atoms with Crippen LogP contribution in [0.3, 0.4) is 0 Å². The van der Waals surface area contributed by atoms with Crippen LogP contribution in [-0.4, -0.2) is 34.6 Å². The van der Waals surface area contributed by atoms with Crippen LogP contribution in [0.5, 0.6) is 0 Å². The number of aliphatic imine (C=N–C) groups is 2. The number of hydrogen-bond donors (Lipinski definition) is 2. The minimum Gasteiger partial charge on any atom is -0.275 e. The molecule has 98 valence electrons. The molecule has 0 aromatic carbocycles. The third kappa shape index (κ3) is 3.69. The number of nitrogens with zero attached hydrogens (tertiary/aromatic N) is 3. The van der Waals surface area contributed by atoms with Crippen molar-refractivity contribution >= 4 is 22.8 Å². The van der Waals surface area contributed by atoms with E-state index in [9.17, 15) is 0 Å². The van der Waals surface area contributed by atoms with Crippen LogP contribution >= 0.6 is 11.8 Å². The summed E-state index contributed by atoms with van der Waals surface area (Å²) >= 11 is 1.54. The summed E-state index contributed by atoms with van der Waals surface area (Å²) in [6.45, 7) is 8.55. The number of hydrogen-bond acceptors (Lipinski definition) is 6. The molecule has 0 saturated heterocycles. The molecule has 0 saturated carbocycles. The van der Waals surface area contributed by atoms with Crippen LogP contribution in [0, 0.1) is 5.92 Å². The standard InChI is InChI=1S/C11H23N5S/c1-6-9-14-10(13-8(4)7(2)3)16(12)11(15-9)17-5/h7-8,10,13H,6,12H2,1-5H3. The zero-order valence-electron chi connectivity index (χ0n) is 11.3. The fraction of sp³-hybridized carbons (Fsp3) is 0.818. The summed E-state index contributed by atoms with van der Waals surface area (Å²) in [5.74, 6) is 7.40. The predicted molar refractivity (Wildman–Crippen MR) is 75.9 cm³/mol. The maximum atomic E-state index is 6.01. The van der Waals surface area contributed by atoms with Crippen molar-refractivity contribution in [1.29, 1.82) is 0 Å². The summed E-state index contributed by atoms with van der Waals surface area (Å²) < 4.78 is 0. The second-order valence-corrected chi connectivity index (χ2v) is 5.25. The third-order valence-corrected chi connectivity index (χ3v) is 3.56. The molecule has 0 aliphatic carbocycles. The van der Waals surface area contributed by atoms with Crippen molar-refractivity contribution in [2.45, 2.75) is 46.4 Å². The molecule has 1 rings (SSSR count). The first-order valence-electron chi connectivity index (χ1n) is 5.98. The van der Waals surface area contributed by atoms with Crippen molar-refractivity contribution < 1.29 is 0 Å². The van der Waals surface area contributed by atoms with Gasteiger partial charge in [-0.1, -0.05) is 32.5 Å². The largest absolute Gasteiger partial charge is 0.275 e. The lowest BCUT2D eigenvalue weighted by Crippen LogP contribution is -2.56. The van der Waals surface area contributed by atoms with E-state index in [2.05, 4.69) is 43.0 Å². The molecule has 0 fully saturated rings. The topological polar surface area (TPSA) is 66.0 Å². The Morgan fingerprint density at radius 2 is 2.12 bits per heavy atom. The summed E-state index contributed by atoms with van der Waals surface area (Å²) in [6.07, 6.45) is 2.59. The fourth-order valence-electron chi connectivity index (χ4n) is 1.37. The Hall–Kier alpha value is -0.590. The van der Waals surface area contributed by atoms with Crippen molar-refractivity contribution in [2.24, 2.45) is 21.7 Å². The number of rotatable bonds is 4. The SMILES string of the molecule is CCC1=NC(NC(C)C(C)C)N(N)C(SC)=N1. The quantitative estimate of drug-likeness (QED) is 0.751. The number of thioether (sulfide) groups is 1. The highest BCUT2D eigenvalue weighted by molar-refractivity contribution is 8.13. The van der Waals surface area contributed by atoms with E-state index in [0.717, 1.165) is 17.4 Å². The van der Waals surface area contributed by atoms with Crippen LogP contribution < -0.4 is 11.2 Å². The molecule has 0 radical (unpaired) electrons. The van der Waals surface area contributed by atoms with Crippen LogP contribution in [-0.2, 0) is 0 Å². The zero-order chi connectivity index (χ0) is 13.0. The monoisotopic (exact) mass is 257 g/mol. The Labute approximate surface area is 108 Å². The molecule has 1 aliphatic rings. The molecule has 0 aromatic rings. The molecule has 6 heteroatoms. The summed E-state index contributed by atoms with van der Waals surface area (Å²) in [4.78, 5) is 8.90. The molecule has 5 nitrogen and oxygen atoms in total. The van der Waals surface area contributed by atoms with E-state index in [-0.39, 0.29) is 6.29 Å². The van der Waals surface area contributed by atoms with Crippen molar-refractivity contribution in [3.05, 3.63) is 0 Å². The normalized spacial score (nSPS) is 22.5. The predicted octanol–water partition coefficient (Wildman–Crippen LogP) is 1.62. The first-order valence-corrected chi connectivity index (χ1v) is 7.21. The van der Waals surface area contributed by atoms with Crippen LogP contribution in [0.15, 0.2) is 9.98 Å². The van der Waals surface area contributed by atoms with Gasteiger partial charge in [0.15, 0.2) is 11.5 Å². The highest BCUT2D eigenvalue weighted by Gasteiger charge is 2.25. The average molecular weight is 257 g/mol. The molecule has 2 atom stereocenters. The Morgan fingerprint density at radius 1 is 1.47 bits per heavy atom. The molecule has 1 heterocycles. The average Bonchev–Trinajstić information content (AvgIpc) is 2.31. The van der Waals surface area contributed by atoms with Crippen LogP contribution in [0.1, 0.15) is 34.1 Å². The Kier molecular flexibility index (Phi) is 5.42. The van der Waals surface area contributed by atoms with Crippen molar-refractivity contribution in [3.63, 3.8) is 0 Å². The third-order valence-electron chi connectivity index (χ3n) is 2.89. The minimum atomic E-state index is -0.206. The number of nitrogens with one attached hydrogen (secondary N) is 1. The van der Waals surface area contributed by atoms with Gasteiger partial charge in [-0.15, -0.1) is 0 Å². The van der Waals surface area contributed by atoms with E-state index in [1.54, 1.807) is 16.8 Å². The minimum absolute atomic E-state index is 0.206. The van der Waals surface area contributed by atoms with Gasteiger partial charge < -0.3 is 0 Å². The van der Waals surface area contributed by atoms with Crippen molar-refractivity contribution in [3.8, 4) is 0 Å². The first-order chi connectivity index (χ1) is 7.99. The summed E-state index contributed by atoms with van der Waals surface area (Å²) in [7, 11) is 0. The Balaban J connectivity index is 2.79. The Morgan fingerprint density at radius 3 is 2.59 bits per heavy atom. The number of hydrazine groups is 1. The van der Waals surface area contributed by atoms with Gasteiger partial charge >= 0.3 is 0 Å². The molecule has 3 N–H and O–H groups in total. The van der Waals surface area contributed by atoms with Crippen molar-refractivity contribution in [2.75, 3.05) is 6.26 Å². The molecule has 1 aliphatic heterocycles. The molecule has 0 amide bonds. The fourth-order valence-corrected chi connectivity index (χ4v) is 1.88. The smallest absolute Gasteiger partial charge is 0.193 e. The van der Waals surface area contributed by atoms with Gasteiger partial charge in [0.1, 0.15) is 5.84 Å². The van der Waals surface area contributed by atoms with Gasteiger partial charge in [-0.25, -0.2) is 15.8 Å². The summed E-state index contributed by atoms with van der Waals surface area (Å²) in [5.41, 5.74) is 0. The molecular formula is C11H23N5S. The van der Waals surface area contributed by atoms with Crippen LogP contribution in [0.4, 0.5) is 0 Å². The lowest BCUT2D eigenvalue weighted by molar-refractivity contribution is 0.237. The zero-order valence-corrected chi connectivity index (χ0v) is 12.1. The van der Waals surface area contributed by atoms with E-state index >= 15 is 0 Å². The number of amidine groups is 2. The van der Waals surface area contributed by atoms with Gasteiger partial charge in [0.2, 0.25) is 0 Å². The molecule has 2 unspecified atom stereocenters. The summed E-state index contributed by atoms with van der Waals surface area (Å²) in [5, 5.41) is 5.83. The van der Waals surface area contributed by atoms with E-state index in [0.29, 0.717) is 12.0 Å². The molecule has 17 heavy (non-hydrogen) atoms. The van der Waals surface area contributed by atoms with Gasteiger partial charge in [0.25, 0.3) is 0 Å². The molecular weight excluding hydrogens is 234 g/mol. The van der Waals surface area contributed by atoms with Gasteiger partial charge in [-0.2, -0.15) is 0 Å². The first kappa shape index (κ1) is 14.5. The van der Waals surface area contributed by atoms with Crippen molar-refractivity contribution in [1.82, 2.24) is 10.3 Å². The van der Waals surface area contributed by atoms with E-state index in [4.69, 9.17) is 5.84 Å². The molecule has 0 spiro atoms. The van der Waals surface area contributed by atoms with Crippen LogP contribution in [0.25, 0.3) is 0 Å². The maximum Gasteiger partial charge on any atom is 0.193 e. The highest BCUT2D eigenvalue weighted by Crippen LogP contribution is 2.14. The lowest BCUT2D eigenvalue weighted by Gasteiger charge is -2.33. The van der Waals surface area contributed by atoms with Gasteiger partial charge in [-0.05, 0) is 19.1 Å². The van der Waals surface area contributed by atoms with E-state index in [1.807, 2.05) is 6.26 Å². The van der Waals surface area contributed by atoms with Gasteiger partial charge in [0, 0.05) is 12.5 Å². The molecule has 0 bridgehead atoms. The van der Waals surface area contributed by atoms with Crippen LogP contribution in [0.2, 0.25) is 0 Å². The highest BCUT2D eigenvalue weighted by atomic mass is 32.2. The Bertz CT molecular complexity index is 313. The maximum absolute atomic E-state index is 6.01. The van der Waals surface area contributed by atoms with E-state index in [1.165, 1.54) is 0 Å². The van der Waals surface area contributed by atoms with E-state index < -0.39 is 0 Å². The second-order valence-electron chi connectivity index (χ2n) is 4.48.